The van der Waals surface area contributed by atoms with E-state index in [0.717, 1.165) is 59.4 Å². The summed E-state index contributed by atoms with van der Waals surface area (Å²) < 4.78 is 72.2. The van der Waals surface area contributed by atoms with Gasteiger partial charge in [0.15, 0.2) is 52.0 Å². The van der Waals surface area contributed by atoms with Gasteiger partial charge >= 0.3 is 12.1 Å². The van der Waals surface area contributed by atoms with Gasteiger partial charge in [0.2, 0.25) is 11.5 Å². The van der Waals surface area contributed by atoms with Crippen LogP contribution in [0.2, 0.25) is 0 Å². The summed E-state index contributed by atoms with van der Waals surface area (Å²) in [6.45, 7) is 1.72. The predicted octanol–water partition coefficient (Wildman–Crippen LogP) is 11.3. The van der Waals surface area contributed by atoms with E-state index >= 15 is 0 Å². The minimum atomic E-state index is -4.55. The molecule has 33 nitrogen and oxygen atoms in total. The van der Waals surface area contributed by atoms with Crippen LogP contribution in [0.1, 0.15) is 40.2 Å². The highest BCUT2D eigenvalue weighted by Gasteiger charge is 2.43. The summed E-state index contributed by atoms with van der Waals surface area (Å²) >= 11 is 0. The van der Waals surface area contributed by atoms with Crippen molar-refractivity contribution in [3.05, 3.63) is 300 Å². The summed E-state index contributed by atoms with van der Waals surface area (Å²) in [6.07, 6.45) is 12.3. The Balaban J connectivity index is 0.000000143. The number of aryl methyl sites for hydroxylation is 3. The molecular weight excluding hydrogens is 1530 g/mol. The molecule has 0 amide bonds. The Morgan fingerprint density at radius 1 is 0.542 bits per heavy atom. The highest BCUT2D eigenvalue weighted by atomic mass is 19.4. The fourth-order valence-electron chi connectivity index (χ4n) is 10.9. The number of ether oxygens (including phenoxy) is 6. The molecule has 9 N–H and O–H groups in total. The van der Waals surface area contributed by atoms with Crippen molar-refractivity contribution in [2.75, 3.05) is 35.0 Å². The number of halogens is 3. The molecule has 0 radical (unpaired) electrons. The SMILES string of the molecule is COC(=O)c1nc(-c2ccccn2)nc(C)c1O.COc1ccc(-c2cn(C)cn2)[nH]c1=O.COc1ccc(-c2cnc[nH]2)[nH]c1=O.COc1ccc(-c2nccn2C)[nH]c1=O.O=c1[nH]c(-c2ccccn2)nc(-c2ccc(C3(CO)CC3)cc2)c1Oc1ccccc1.O=c1[nH]c(-c2ccccn2)nc(Oc2cccc(C(F)(F)F)c2)c1O. The van der Waals surface area contributed by atoms with Crippen LogP contribution < -0.4 is 51.5 Å². The molecule has 0 unspecified atom stereocenters. The molecule has 0 saturated heterocycles. The number of imidazole rings is 3. The van der Waals surface area contributed by atoms with E-state index in [2.05, 4.69) is 79.5 Å². The van der Waals surface area contributed by atoms with Crippen molar-refractivity contribution in [1.29, 1.82) is 0 Å². The highest BCUT2D eigenvalue weighted by Crippen LogP contribution is 2.48. The van der Waals surface area contributed by atoms with Gasteiger partial charge in [-0.25, -0.2) is 34.7 Å². The number of aliphatic hydroxyl groups is 1. The number of alkyl halides is 3. The number of pyridine rings is 6. The van der Waals surface area contributed by atoms with Gasteiger partial charge in [0.1, 0.15) is 40.0 Å². The topological polar surface area (TPSA) is 452 Å². The number of nitrogens with zero attached hydrogens (tertiary/aromatic N) is 12. The zero-order chi connectivity index (χ0) is 84.0. The van der Waals surface area contributed by atoms with Crippen LogP contribution in [-0.4, -0.2) is 145 Å². The highest BCUT2D eigenvalue weighted by molar-refractivity contribution is 5.91. The third-order valence-electron chi connectivity index (χ3n) is 17.3. The number of aromatic amines is 6. The molecule has 1 aliphatic carbocycles. The summed E-state index contributed by atoms with van der Waals surface area (Å²) in [7, 11) is 9.35. The van der Waals surface area contributed by atoms with E-state index in [0.29, 0.717) is 74.4 Å². The van der Waals surface area contributed by atoms with Crippen LogP contribution in [0.15, 0.2) is 250 Å². The van der Waals surface area contributed by atoms with Crippen molar-refractivity contribution < 1.29 is 61.7 Å². The van der Waals surface area contributed by atoms with Gasteiger partial charge in [-0.05, 0) is 128 Å². The standard InChI is InChI=1S/C25H21N3O3.C16H10F3N3O3.C12H11N3O3.2C10H11N3O2.C9H9N3O2/c29-16-25(13-14-25)18-11-9-17(10-12-18)21-22(31-19-6-2-1-3-7-19)24(30)28-23(27-21)20-8-4-5-15-26-20;17-16(18,19)9-4-3-5-10(8-9)25-15-12(23)14(24)21-13(22-15)11-6-1-2-7-20-11;1-7-10(16)9(12(17)18-2)15-11(14-7)8-5-3-4-6-13-8;1-13-5-8(11-6-13)7-3-4-9(15-2)10(14)12-7;1-13-6-5-11-9(13)7-3-4-8(15-2)10(14)12-7;1-14-8-3-2-6(12-9(8)13)7-4-10-5-11-7/h1-12,15,29H,13-14,16H2,(H,27,28,30);1-8,23H,(H,21,22,24);3-6,16H,1-2H3;2*3-6H,1-2H3,(H,12,14);2-5H,1H3,(H,10,11)(H,12,13). The number of rotatable bonds is 17. The Kier molecular flexibility index (Phi) is 26.9. The fraction of sp³-hybridized carbons (Fsp3) is 0.146. The molecule has 12 heterocycles. The first-order valence-corrected chi connectivity index (χ1v) is 35.3. The minimum Gasteiger partial charge on any atom is -0.504 e. The van der Waals surface area contributed by atoms with Crippen molar-refractivity contribution in [3.8, 4) is 132 Å². The zero-order valence-electron chi connectivity index (χ0n) is 63.7. The summed E-state index contributed by atoms with van der Waals surface area (Å²) in [5.41, 5.74) is 4.27. The summed E-state index contributed by atoms with van der Waals surface area (Å²) in [5.74, 6) is 0.353. The molecule has 118 heavy (non-hydrogen) atoms. The molecule has 0 bridgehead atoms. The third-order valence-corrected chi connectivity index (χ3v) is 17.3. The van der Waals surface area contributed by atoms with Crippen molar-refractivity contribution in [2.24, 2.45) is 14.1 Å². The smallest absolute Gasteiger partial charge is 0.416 e. The van der Waals surface area contributed by atoms with Gasteiger partial charge in [0.05, 0.1) is 87.9 Å². The number of aromatic hydroxyl groups is 2. The molecule has 15 aromatic rings. The molecule has 0 aliphatic heterocycles. The monoisotopic (exact) mass is 1610 g/mol. The van der Waals surface area contributed by atoms with Crippen LogP contribution in [0.3, 0.4) is 0 Å². The number of esters is 1. The molecule has 1 aliphatic rings. The normalized spacial score (nSPS) is 11.5. The van der Waals surface area contributed by atoms with E-state index in [1.54, 1.807) is 135 Å². The van der Waals surface area contributed by atoms with Gasteiger partial charge in [-0.15, -0.1) is 0 Å². The van der Waals surface area contributed by atoms with Gasteiger partial charge in [-0.3, -0.25) is 38.9 Å². The second-order valence-electron chi connectivity index (χ2n) is 25.2. The molecule has 1 fully saturated rings. The molecule has 3 aromatic carbocycles. The average Bonchev–Trinajstić information content (AvgIpc) is 1.57. The van der Waals surface area contributed by atoms with Gasteiger partial charge in [-0.1, -0.05) is 66.7 Å². The Labute approximate surface area is 666 Å². The number of methoxy groups -OCH3 is 4. The molecular formula is C82H73F3N18O15. The Bertz CT molecular complexity index is 6220. The maximum absolute atomic E-state index is 13.0. The Morgan fingerprint density at radius 3 is 1.64 bits per heavy atom. The zero-order valence-corrected chi connectivity index (χ0v) is 63.7. The molecule has 1 saturated carbocycles. The molecule has 0 atom stereocenters. The Morgan fingerprint density at radius 2 is 1.11 bits per heavy atom. The molecule has 36 heteroatoms. The molecule has 602 valence electrons. The molecule has 16 rings (SSSR count). The van der Waals surface area contributed by atoms with Crippen LogP contribution in [0.25, 0.3) is 80.1 Å². The quantitative estimate of drug-likeness (QED) is 0.0382. The summed E-state index contributed by atoms with van der Waals surface area (Å²) in [6, 6.07) is 46.7. The average molecular weight is 1610 g/mol. The van der Waals surface area contributed by atoms with Gasteiger partial charge in [0.25, 0.3) is 33.7 Å². The summed E-state index contributed by atoms with van der Waals surface area (Å²) in [4.78, 5) is 128. The Hall–Kier alpha value is -15.8. The first kappa shape index (κ1) is 83.2. The van der Waals surface area contributed by atoms with Gasteiger partial charge in [-0.2, -0.15) is 18.2 Å². The number of carbonyl (C=O) groups is 1. The van der Waals surface area contributed by atoms with Crippen LogP contribution >= 0.6 is 0 Å². The van der Waals surface area contributed by atoms with E-state index in [1.165, 1.54) is 40.7 Å². The molecule has 0 spiro atoms. The number of hydrogen-bond acceptors (Lipinski definition) is 25. The van der Waals surface area contributed by atoms with Crippen LogP contribution in [0.5, 0.6) is 51.9 Å². The number of H-pyrrole nitrogens is 6. The van der Waals surface area contributed by atoms with E-state index in [1.807, 2.05) is 90.2 Å². The van der Waals surface area contributed by atoms with Crippen molar-refractivity contribution in [2.45, 2.75) is 31.4 Å². The predicted molar refractivity (Wildman–Crippen MR) is 425 cm³/mol. The maximum Gasteiger partial charge on any atom is 0.416 e. The van der Waals surface area contributed by atoms with Gasteiger partial charge < -0.3 is 82.8 Å². The van der Waals surface area contributed by atoms with Crippen LogP contribution in [0.4, 0.5) is 13.2 Å². The summed E-state index contributed by atoms with van der Waals surface area (Å²) in [5, 5.41) is 29.2. The van der Waals surface area contributed by atoms with Gasteiger partial charge in [0, 0.05) is 62.3 Å². The fourth-order valence-corrected chi connectivity index (χ4v) is 10.9. The first-order valence-electron chi connectivity index (χ1n) is 35.3. The first-order chi connectivity index (χ1) is 56.9. The van der Waals surface area contributed by atoms with Crippen molar-refractivity contribution >= 4 is 5.97 Å². The lowest BCUT2D eigenvalue weighted by molar-refractivity contribution is -0.137. The number of benzene rings is 3. The van der Waals surface area contributed by atoms with Crippen molar-refractivity contribution in [3.63, 3.8) is 0 Å². The minimum absolute atomic E-state index is 0.00498. The molecule has 12 aromatic heterocycles. The maximum atomic E-state index is 13.0. The number of aliphatic hydroxyl groups excluding tert-OH is 1. The lowest BCUT2D eigenvalue weighted by Gasteiger charge is -2.14. The lowest BCUT2D eigenvalue weighted by atomic mass is 9.95. The van der Waals surface area contributed by atoms with E-state index in [9.17, 15) is 57.3 Å². The second kappa shape index (κ2) is 38.2. The van der Waals surface area contributed by atoms with E-state index in [4.69, 9.17) is 28.7 Å². The van der Waals surface area contributed by atoms with Crippen molar-refractivity contribution in [1.82, 2.24) is 88.9 Å². The van der Waals surface area contributed by atoms with Crippen LogP contribution in [0, 0.1) is 6.92 Å². The largest absolute Gasteiger partial charge is 0.504 e. The van der Waals surface area contributed by atoms with E-state index < -0.39 is 34.9 Å². The van der Waals surface area contributed by atoms with E-state index in [-0.39, 0.29) is 68.9 Å². The number of para-hydroxylation sites is 1. The number of hydrogen-bond donors (Lipinski definition) is 9. The number of carbonyl (C=O) groups excluding carboxylic acids is 1. The van der Waals surface area contributed by atoms with Crippen LogP contribution in [-0.2, 0) is 30.4 Å². The lowest BCUT2D eigenvalue weighted by Crippen LogP contribution is -2.14. The number of nitrogens with one attached hydrogen (secondary N) is 6. The third kappa shape index (κ3) is 20.9. The second-order valence-corrected chi connectivity index (χ2v) is 25.2. The number of aromatic nitrogens is 18.